The van der Waals surface area contributed by atoms with E-state index in [-0.39, 0.29) is 23.3 Å². The third-order valence-corrected chi connectivity index (χ3v) is 2.97. The van der Waals surface area contributed by atoms with E-state index in [1.54, 1.807) is 0 Å². The minimum Gasteiger partial charge on any atom is -0.504 e. The fourth-order valence-corrected chi connectivity index (χ4v) is 2.00. The van der Waals surface area contributed by atoms with Crippen molar-refractivity contribution in [2.75, 3.05) is 19.6 Å². The zero-order chi connectivity index (χ0) is 12.4. The first-order valence-electron chi connectivity index (χ1n) is 5.59. The topological polar surface area (TPSA) is 86.8 Å². The lowest BCUT2D eigenvalue weighted by molar-refractivity contribution is 0.0944. The molecular formula is C12H16N2O3. The summed E-state index contributed by atoms with van der Waals surface area (Å²) < 4.78 is 0. The fraction of sp³-hybridized carbons (Fsp3) is 0.417. The molecule has 1 saturated heterocycles. The van der Waals surface area contributed by atoms with E-state index in [9.17, 15) is 9.90 Å². The van der Waals surface area contributed by atoms with E-state index < -0.39 is 0 Å². The second kappa shape index (κ2) is 4.73. The molecule has 4 N–H and O–H groups in total. The Morgan fingerprint density at radius 2 is 2.18 bits per heavy atom. The van der Waals surface area contributed by atoms with Crippen LogP contribution in [0.4, 0.5) is 0 Å². The van der Waals surface area contributed by atoms with Gasteiger partial charge in [0.15, 0.2) is 17.3 Å². The molecule has 92 valence electrons. The summed E-state index contributed by atoms with van der Waals surface area (Å²) in [5, 5.41) is 18.5. The van der Waals surface area contributed by atoms with Crippen molar-refractivity contribution in [3.05, 3.63) is 23.8 Å². The number of rotatable bonds is 3. The number of phenolic OH excluding ortho intramolecular Hbond substituents is 2. The summed E-state index contributed by atoms with van der Waals surface area (Å²) in [6, 6.07) is 4.26. The highest BCUT2D eigenvalue weighted by atomic mass is 16.3. The van der Waals surface area contributed by atoms with Crippen molar-refractivity contribution in [1.82, 2.24) is 4.90 Å². The number of aromatic hydroxyl groups is 2. The van der Waals surface area contributed by atoms with Crippen LogP contribution in [0.15, 0.2) is 18.2 Å². The Labute approximate surface area is 99.5 Å². The van der Waals surface area contributed by atoms with Crippen LogP contribution in [0.1, 0.15) is 16.8 Å². The van der Waals surface area contributed by atoms with Gasteiger partial charge in [0.1, 0.15) is 0 Å². The van der Waals surface area contributed by atoms with Gasteiger partial charge in [0.25, 0.3) is 0 Å². The second-order valence-electron chi connectivity index (χ2n) is 4.41. The highest BCUT2D eigenvalue weighted by Crippen LogP contribution is 2.25. The summed E-state index contributed by atoms with van der Waals surface area (Å²) in [7, 11) is 0. The van der Waals surface area contributed by atoms with Gasteiger partial charge in [0.2, 0.25) is 0 Å². The van der Waals surface area contributed by atoms with Crippen molar-refractivity contribution < 1.29 is 15.0 Å². The predicted octanol–water partition coefficient (Wildman–Crippen LogP) is 0.313. The number of nitrogens with two attached hydrogens (primary N) is 1. The molecule has 0 aromatic heterocycles. The molecule has 17 heavy (non-hydrogen) atoms. The van der Waals surface area contributed by atoms with Crippen molar-refractivity contribution in [3.63, 3.8) is 0 Å². The number of carbonyl (C=O) groups is 1. The van der Waals surface area contributed by atoms with Crippen LogP contribution < -0.4 is 5.73 Å². The van der Waals surface area contributed by atoms with E-state index in [0.717, 1.165) is 19.5 Å². The predicted molar refractivity (Wildman–Crippen MR) is 63.1 cm³/mol. The Balaban J connectivity index is 2.02. The smallest absolute Gasteiger partial charge is 0.176 e. The molecule has 1 aliphatic heterocycles. The minimum atomic E-state index is -0.269. The van der Waals surface area contributed by atoms with Crippen molar-refractivity contribution >= 4 is 5.78 Å². The average molecular weight is 236 g/mol. The zero-order valence-electron chi connectivity index (χ0n) is 9.47. The third kappa shape index (κ3) is 2.75. The van der Waals surface area contributed by atoms with Crippen LogP contribution in [0.25, 0.3) is 0 Å². The normalized spacial score (nSPS) is 20.6. The number of hydrogen-bond acceptors (Lipinski definition) is 5. The standard InChI is InChI=1S/C12H16N2O3/c13-9-3-4-14(6-9)7-12(17)8-1-2-10(15)11(16)5-8/h1-2,5,9,15-16H,3-4,6-7,13H2. The third-order valence-electron chi connectivity index (χ3n) is 2.97. The Hall–Kier alpha value is -1.59. The molecule has 1 aliphatic rings. The molecule has 0 aliphatic carbocycles. The molecule has 2 rings (SSSR count). The number of ketones is 1. The number of carbonyl (C=O) groups excluding carboxylic acids is 1. The minimum absolute atomic E-state index is 0.0746. The molecule has 1 unspecified atom stereocenters. The highest BCUT2D eigenvalue weighted by Gasteiger charge is 2.21. The number of likely N-dealkylation sites (tertiary alicyclic amines) is 1. The van der Waals surface area contributed by atoms with Crippen LogP contribution in [0.5, 0.6) is 11.5 Å². The van der Waals surface area contributed by atoms with E-state index in [0.29, 0.717) is 12.1 Å². The Bertz CT molecular complexity index is 434. The van der Waals surface area contributed by atoms with Gasteiger partial charge in [-0.3, -0.25) is 9.69 Å². The van der Waals surface area contributed by atoms with Gasteiger partial charge in [-0.05, 0) is 24.6 Å². The van der Waals surface area contributed by atoms with E-state index in [4.69, 9.17) is 10.8 Å². The molecule has 0 bridgehead atoms. The highest BCUT2D eigenvalue weighted by molar-refractivity contribution is 5.98. The summed E-state index contributed by atoms with van der Waals surface area (Å²) in [5.74, 6) is -0.562. The number of phenols is 2. The molecule has 1 atom stereocenters. The molecule has 1 aromatic carbocycles. The van der Waals surface area contributed by atoms with Gasteiger partial charge in [0.05, 0.1) is 6.54 Å². The fourth-order valence-electron chi connectivity index (χ4n) is 2.00. The van der Waals surface area contributed by atoms with Crippen LogP contribution in [0, 0.1) is 0 Å². The Morgan fingerprint density at radius 3 is 2.76 bits per heavy atom. The number of hydrogen-bond donors (Lipinski definition) is 3. The van der Waals surface area contributed by atoms with Gasteiger partial charge < -0.3 is 15.9 Å². The number of Topliss-reactive ketones (excluding diaryl/α,β-unsaturated/α-hetero) is 1. The summed E-state index contributed by atoms with van der Waals surface area (Å²) in [6.07, 6.45) is 0.911. The maximum absolute atomic E-state index is 11.9. The summed E-state index contributed by atoms with van der Waals surface area (Å²) >= 11 is 0. The van der Waals surface area contributed by atoms with Gasteiger partial charge in [-0.2, -0.15) is 0 Å². The molecule has 5 nitrogen and oxygen atoms in total. The van der Waals surface area contributed by atoms with Gasteiger partial charge in [-0.25, -0.2) is 0 Å². The molecule has 0 spiro atoms. The van der Waals surface area contributed by atoms with Gasteiger partial charge in [0, 0.05) is 24.7 Å². The van der Waals surface area contributed by atoms with Crippen molar-refractivity contribution in [2.45, 2.75) is 12.5 Å². The summed E-state index contributed by atoms with van der Waals surface area (Å²) in [4.78, 5) is 13.9. The monoisotopic (exact) mass is 236 g/mol. The molecule has 1 aromatic rings. The van der Waals surface area contributed by atoms with E-state index >= 15 is 0 Å². The first kappa shape index (κ1) is 11.9. The van der Waals surface area contributed by atoms with E-state index in [2.05, 4.69) is 0 Å². The van der Waals surface area contributed by atoms with Gasteiger partial charge in [-0.1, -0.05) is 0 Å². The molecule has 1 heterocycles. The Kier molecular flexibility index (Phi) is 3.31. The number of benzene rings is 1. The molecule has 0 radical (unpaired) electrons. The van der Waals surface area contributed by atoms with Crippen LogP contribution in [0.2, 0.25) is 0 Å². The van der Waals surface area contributed by atoms with Crippen LogP contribution in [0.3, 0.4) is 0 Å². The lowest BCUT2D eigenvalue weighted by Crippen LogP contribution is -2.31. The van der Waals surface area contributed by atoms with Crippen molar-refractivity contribution in [3.8, 4) is 11.5 Å². The molecule has 1 fully saturated rings. The lowest BCUT2D eigenvalue weighted by atomic mass is 10.1. The van der Waals surface area contributed by atoms with E-state index in [1.165, 1.54) is 18.2 Å². The Morgan fingerprint density at radius 1 is 1.41 bits per heavy atom. The van der Waals surface area contributed by atoms with Crippen LogP contribution in [-0.2, 0) is 0 Å². The quantitative estimate of drug-likeness (QED) is 0.519. The molecular weight excluding hydrogens is 220 g/mol. The zero-order valence-corrected chi connectivity index (χ0v) is 9.47. The molecule has 5 heteroatoms. The first-order chi connectivity index (χ1) is 8.06. The van der Waals surface area contributed by atoms with Crippen molar-refractivity contribution in [2.24, 2.45) is 5.73 Å². The summed E-state index contributed by atoms with van der Waals surface area (Å²) in [6.45, 7) is 1.87. The molecule has 0 saturated carbocycles. The van der Waals surface area contributed by atoms with Gasteiger partial charge in [-0.15, -0.1) is 0 Å². The van der Waals surface area contributed by atoms with Crippen molar-refractivity contribution in [1.29, 1.82) is 0 Å². The SMILES string of the molecule is NC1CCN(CC(=O)c2ccc(O)c(O)c2)C1. The van der Waals surface area contributed by atoms with Crippen LogP contribution >= 0.6 is 0 Å². The van der Waals surface area contributed by atoms with E-state index in [1.807, 2.05) is 4.90 Å². The lowest BCUT2D eigenvalue weighted by Gasteiger charge is -2.14. The summed E-state index contributed by atoms with van der Waals surface area (Å²) in [5.41, 5.74) is 6.16. The number of nitrogens with zero attached hydrogens (tertiary/aromatic N) is 1. The maximum Gasteiger partial charge on any atom is 0.176 e. The first-order valence-corrected chi connectivity index (χ1v) is 5.59. The van der Waals surface area contributed by atoms with Gasteiger partial charge >= 0.3 is 0 Å². The largest absolute Gasteiger partial charge is 0.504 e. The van der Waals surface area contributed by atoms with Crippen LogP contribution in [-0.4, -0.2) is 46.6 Å². The maximum atomic E-state index is 11.9. The molecule has 0 amide bonds. The average Bonchev–Trinajstić information content (AvgIpc) is 2.68. The second-order valence-corrected chi connectivity index (χ2v) is 4.41.